The van der Waals surface area contributed by atoms with Gasteiger partial charge in [0.15, 0.2) is 5.16 Å². The number of ether oxygens (including phenoxy) is 1. The molecule has 0 radical (unpaired) electrons. The zero-order chi connectivity index (χ0) is 20.8. The molecule has 29 heavy (non-hydrogen) atoms. The van der Waals surface area contributed by atoms with Crippen LogP contribution in [0.15, 0.2) is 59.8 Å². The molecule has 8 heteroatoms. The van der Waals surface area contributed by atoms with Gasteiger partial charge in [-0.15, -0.1) is 0 Å². The van der Waals surface area contributed by atoms with Crippen molar-refractivity contribution in [2.45, 2.75) is 5.16 Å². The van der Waals surface area contributed by atoms with Crippen LogP contribution in [0, 0.1) is 0 Å². The van der Waals surface area contributed by atoms with Crippen LogP contribution in [0.4, 0.5) is 11.5 Å². The Morgan fingerprint density at radius 1 is 1.07 bits per heavy atom. The van der Waals surface area contributed by atoms with Gasteiger partial charge in [-0.05, 0) is 30.5 Å². The summed E-state index contributed by atoms with van der Waals surface area (Å²) in [5.74, 6) is 0.000248. The van der Waals surface area contributed by atoms with Gasteiger partial charge in [-0.3, -0.25) is 0 Å². The van der Waals surface area contributed by atoms with Gasteiger partial charge in [0, 0.05) is 22.2 Å². The van der Waals surface area contributed by atoms with Crippen molar-refractivity contribution in [1.82, 2.24) is 9.97 Å². The Hall–Kier alpha value is -2.54. The third-order valence-electron chi connectivity index (χ3n) is 3.95. The number of carbonyl (C=O) groups excluding carboxylic acids is 1. The molecule has 0 spiro atoms. The van der Waals surface area contributed by atoms with Crippen LogP contribution in [0.25, 0.3) is 17.3 Å². The van der Waals surface area contributed by atoms with Gasteiger partial charge < -0.3 is 10.1 Å². The van der Waals surface area contributed by atoms with E-state index in [0.29, 0.717) is 38.0 Å². The molecule has 2 aromatic carbocycles. The van der Waals surface area contributed by atoms with Crippen LogP contribution in [0.2, 0.25) is 10.0 Å². The Balaban J connectivity index is 2.23. The standard InChI is InChI=1S/C21H17Cl2N3O2S/c1-28-18(27)12-11-14-19(13-7-3-4-8-15(13)22)25-21(29-2)26-20(14)24-17-10-6-5-9-16(17)23/h3-12H,1-2H3,(H,24,25,26)/b12-11+. The third-order valence-corrected chi connectivity index (χ3v) is 5.16. The predicted octanol–water partition coefficient (Wildman–Crippen LogP) is 6.10. The number of carbonyl (C=O) groups is 1. The fourth-order valence-electron chi connectivity index (χ4n) is 2.56. The molecule has 0 saturated carbocycles. The molecule has 3 rings (SSSR count). The molecule has 0 aliphatic rings. The van der Waals surface area contributed by atoms with E-state index in [4.69, 9.17) is 27.9 Å². The van der Waals surface area contributed by atoms with Crippen LogP contribution >= 0.6 is 35.0 Å². The number of rotatable bonds is 6. The van der Waals surface area contributed by atoms with Crippen molar-refractivity contribution in [3.8, 4) is 11.3 Å². The van der Waals surface area contributed by atoms with E-state index in [1.807, 2.05) is 42.7 Å². The van der Waals surface area contributed by atoms with E-state index >= 15 is 0 Å². The van der Waals surface area contributed by atoms with Crippen LogP contribution in [0.3, 0.4) is 0 Å². The number of halogens is 2. The number of aromatic nitrogens is 2. The normalized spacial score (nSPS) is 10.9. The SMILES string of the molecule is COC(=O)/C=C/c1c(Nc2ccccc2Cl)nc(SC)nc1-c1ccccc1Cl. The molecular formula is C21H17Cl2N3O2S. The lowest BCUT2D eigenvalue weighted by Gasteiger charge is -2.15. The van der Waals surface area contributed by atoms with Gasteiger partial charge >= 0.3 is 5.97 Å². The number of esters is 1. The Morgan fingerprint density at radius 3 is 2.41 bits per heavy atom. The van der Waals surface area contributed by atoms with Gasteiger partial charge in [-0.25, -0.2) is 14.8 Å². The topological polar surface area (TPSA) is 64.1 Å². The number of anilines is 2. The minimum atomic E-state index is -0.493. The molecular weight excluding hydrogens is 429 g/mol. The number of nitrogens with one attached hydrogen (secondary N) is 1. The van der Waals surface area contributed by atoms with E-state index in [-0.39, 0.29) is 0 Å². The Kier molecular flexibility index (Phi) is 7.14. The first-order valence-electron chi connectivity index (χ1n) is 8.52. The molecule has 5 nitrogen and oxygen atoms in total. The molecule has 0 amide bonds. The van der Waals surface area contributed by atoms with Crippen LogP contribution in [-0.2, 0) is 9.53 Å². The molecule has 0 aliphatic heterocycles. The summed E-state index contributed by atoms with van der Waals surface area (Å²) in [6.07, 6.45) is 4.80. The summed E-state index contributed by atoms with van der Waals surface area (Å²) in [6.45, 7) is 0. The quantitative estimate of drug-likeness (QED) is 0.214. The lowest BCUT2D eigenvalue weighted by atomic mass is 10.1. The van der Waals surface area contributed by atoms with Crippen LogP contribution in [0.5, 0.6) is 0 Å². The highest BCUT2D eigenvalue weighted by Gasteiger charge is 2.17. The van der Waals surface area contributed by atoms with Crippen molar-refractivity contribution in [2.75, 3.05) is 18.7 Å². The lowest BCUT2D eigenvalue weighted by molar-refractivity contribution is -0.134. The number of nitrogens with zero attached hydrogens (tertiary/aromatic N) is 2. The maximum absolute atomic E-state index is 11.7. The second kappa shape index (κ2) is 9.78. The zero-order valence-electron chi connectivity index (χ0n) is 15.6. The number of hydrogen-bond acceptors (Lipinski definition) is 6. The highest BCUT2D eigenvalue weighted by Crippen LogP contribution is 2.36. The van der Waals surface area contributed by atoms with Crippen LogP contribution in [0.1, 0.15) is 5.56 Å². The summed E-state index contributed by atoms with van der Waals surface area (Å²) >= 11 is 14.1. The smallest absolute Gasteiger partial charge is 0.330 e. The minimum absolute atomic E-state index is 0.493. The van der Waals surface area contributed by atoms with Crippen molar-refractivity contribution in [2.24, 2.45) is 0 Å². The zero-order valence-corrected chi connectivity index (χ0v) is 18.0. The summed E-state index contributed by atoms with van der Waals surface area (Å²) in [5.41, 5.74) is 2.57. The number of hydrogen-bond donors (Lipinski definition) is 1. The first kappa shape index (κ1) is 21.2. The number of thioether (sulfide) groups is 1. The average Bonchev–Trinajstić information content (AvgIpc) is 2.74. The Morgan fingerprint density at radius 2 is 1.76 bits per heavy atom. The molecule has 1 heterocycles. The number of benzene rings is 2. The summed E-state index contributed by atoms with van der Waals surface area (Å²) in [7, 11) is 1.32. The largest absolute Gasteiger partial charge is 0.466 e. The average molecular weight is 446 g/mol. The van der Waals surface area contributed by atoms with Gasteiger partial charge in [0.25, 0.3) is 0 Å². The summed E-state index contributed by atoms with van der Waals surface area (Å²) in [5, 5.41) is 4.87. The fourth-order valence-corrected chi connectivity index (χ4v) is 3.33. The number of para-hydroxylation sites is 1. The van der Waals surface area contributed by atoms with E-state index in [1.54, 1.807) is 18.2 Å². The highest BCUT2D eigenvalue weighted by molar-refractivity contribution is 7.98. The fraction of sp³-hybridized carbons (Fsp3) is 0.0952. The maximum atomic E-state index is 11.7. The van der Waals surface area contributed by atoms with Crippen molar-refractivity contribution in [1.29, 1.82) is 0 Å². The van der Waals surface area contributed by atoms with Gasteiger partial charge in [-0.1, -0.05) is 65.3 Å². The molecule has 148 valence electrons. The second-order valence-corrected chi connectivity index (χ2v) is 7.35. The third kappa shape index (κ3) is 5.09. The van der Waals surface area contributed by atoms with Gasteiger partial charge in [-0.2, -0.15) is 0 Å². The molecule has 3 aromatic rings. The molecule has 0 bridgehead atoms. The van der Waals surface area contributed by atoms with E-state index in [2.05, 4.69) is 15.3 Å². The van der Waals surface area contributed by atoms with Gasteiger partial charge in [0.05, 0.1) is 23.5 Å². The minimum Gasteiger partial charge on any atom is -0.466 e. The Bertz CT molecular complexity index is 1070. The van der Waals surface area contributed by atoms with Crippen molar-refractivity contribution in [3.05, 3.63) is 70.2 Å². The van der Waals surface area contributed by atoms with Crippen LogP contribution < -0.4 is 5.32 Å². The van der Waals surface area contributed by atoms with Gasteiger partial charge in [0.1, 0.15) is 5.82 Å². The monoisotopic (exact) mass is 445 g/mol. The summed E-state index contributed by atoms with van der Waals surface area (Å²) in [4.78, 5) is 20.9. The van der Waals surface area contributed by atoms with E-state index in [9.17, 15) is 4.79 Å². The van der Waals surface area contributed by atoms with E-state index in [0.717, 1.165) is 5.56 Å². The summed E-state index contributed by atoms with van der Waals surface area (Å²) < 4.78 is 4.73. The van der Waals surface area contributed by atoms with Crippen LogP contribution in [-0.4, -0.2) is 29.3 Å². The molecule has 0 saturated heterocycles. The van der Waals surface area contributed by atoms with Gasteiger partial charge in [0.2, 0.25) is 0 Å². The van der Waals surface area contributed by atoms with E-state index in [1.165, 1.54) is 24.9 Å². The Labute approximate surface area is 183 Å². The molecule has 1 N–H and O–H groups in total. The first-order valence-corrected chi connectivity index (χ1v) is 10.5. The molecule has 0 atom stereocenters. The summed E-state index contributed by atoms with van der Waals surface area (Å²) in [6, 6.07) is 14.7. The maximum Gasteiger partial charge on any atom is 0.330 e. The molecule has 0 fully saturated rings. The second-order valence-electron chi connectivity index (χ2n) is 5.76. The first-order chi connectivity index (χ1) is 14.0. The van der Waals surface area contributed by atoms with Crippen molar-refractivity contribution >= 4 is 58.5 Å². The predicted molar refractivity (Wildman–Crippen MR) is 120 cm³/mol. The van der Waals surface area contributed by atoms with Crippen molar-refractivity contribution < 1.29 is 9.53 Å². The molecule has 0 aliphatic carbocycles. The highest BCUT2D eigenvalue weighted by atomic mass is 35.5. The molecule has 0 unspecified atom stereocenters. The van der Waals surface area contributed by atoms with Crippen molar-refractivity contribution in [3.63, 3.8) is 0 Å². The van der Waals surface area contributed by atoms with E-state index < -0.39 is 5.97 Å². The number of methoxy groups -OCH3 is 1. The molecule has 1 aromatic heterocycles. The lowest BCUT2D eigenvalue weighted by Crippen LogP contribution is -2.04.